The summed E-state index contributed by atoms with van der Waals surface area (Å²) in [7, 11) is 0. The summed E-state index contributed by atoms with van der Waals surface area (Å²) in [5, 5.41) is 8.72. The zero-order chi connectivity index (χ0) is 21.1. The van der Waals surface area contributed by atoms with Crippen molar-refractivity contribution in [3.63, 3.8) is 0 Å². The van der Waals surface area contributed by atoms with E-state index < -0.39 is 0 Å². The molecule has 0 aliphatic carbocycles. The molecule has 3 aromatic rings. The van der Waals surface area contributed by atoms with Gasteiger partial charge in [-0.1, -0.05) is 23.4 Å². The lowest BCUT2D eigenvalue weighted by molar-refractivity contribution is -0.126. The zero-order valence-electron chi connectivity index (χ0n) is 16.6. The normalized spacial score (nSPS) is 14.7. The average Bonchev–Trinajstić information content (AvgIpc) is 3.46. The van der Waals surface area contributed by atoms with Gasteiger partial charge in [0.15, 0.2) is 11.5 Å². The van der Waals surface area contributed by atoms with Crippen LogP contribution in [0.25, 0.3) is 10.6 Å². The van der Waals surface area contributed by atoms with Crippen LogP contribution in [0.1, 0.15) is 34.5 Å². The minimum absolute atomic E-state index is 0.0653. The Bertz CT molecular complexity index is 1040. The molecule has 0 unspecified atom stereocenters. The van der Waals surface area contributed by atoms with Gasteiger partial charge in [0.1, 0.15) is 5.82 Å². The van der Waals surface area contributed by atoms with E-state index in [1.165, 1.54) is 17.4 Å². The fraction of sp³-hybridized carbons (Fsp3) is 0.318. The van der Waals surface area contributed by atoms with E-state index in [2.05, 4.69) is 10.5 Å². The largest absolute Gasteiger partial charge is 0.355 e. The predicted octanol–water partition coefficient (Wildman–Crippen LogP) is 4.02. The molecule has 0 radical (unpaired) electrons. The molecule has 0 saturated carbocycles. The molecule has 1 saturated heterocycles. The average molecular weight is 428 g/mol. The van der Waals surface area contributed by atoms with E-state index in [-0.39, 0.29) is 29.2 Å². The second kappa shape index (κ2) is 8.79. The van der Waals surface area contributed by atoms with E-state index in [0.29, 0.717) is 43.8 Å². The number of rotatable bonds is 5. The molecule has 1 aliphatic rings. The van der Waals surface area contributed by atoms with E-state index in [4.69, 9.17) is 4.52 Å². The third-order valence-electron chi connectivity index (χ3n) is 5.35. The van der Waals surface area contributed by atoms with Crippen molar-refractivity contribution in [3.05, 3.63) is 64.4 Å². The predicted molar refractivity (Wildman–Crippen MR) is 111 cm³/mol. The smallest absolute Gasteiger partial charge is 0.276 e. The Labute approximate surface area is 177 Å². The van der Waals surface area contributed by atoms with E-state index >= 15 is 0 Å². The van der Waals surface area contributed by atoms with Crippen molar-refractivity contribution in [1.82, 2.24) is 15.4 Å². The standard InChI is InChI=1S/C22H22FN3O3S/c1-14-4-5-15(11-17(14)23)13-24-21(27)16-6-8-26(9-7-16)22(28)18-12-19(29-25-18)20-3-2-10-30-20/h2-5,10-12,16H,6-9,13H2,1H3,(H,24,27). The van der Waals surface area contributed by atoms with Gasteiger partial charge in [0.2, 0.25) is 5.91 Å². The van der Waals surface area contributed by atoms with Gasteiger partial charge in [-0.15, -0.1) is 11.3 Å². The summed E-state index contributed by atoms with van der Waals surface area (Å²) in [6.45, 7) is 2.96. The number of hydrogen-bond acceptors (Lipinski definition) is 5. The third-order valence-corrected chi connectivity index (χ3v) is 6.23. The van der Waals surface area contributed by atoms with Crippen LogP contribution in [0.4, 0.5) is 4.39 Å². The Hall–Kier alpha value is -3.00. The van der Waals surface area contributed by atoms with Crippen LogP contribution >= 0.6 is 11.3 Å². The van der Waals surface area contributed by atoms with E-state index in [1.807, 2.05) is 23.6 Å². The van der Waals surface area contributed by atoms with E-state index in [0.717, 1.165) is 10.4 Å². The van der Waals surface area contributed by atoms with E-state index in [1.54, 1.807) is 24.0 Å². The summed E-state index contributed by atoms with van der Waals surface area (Å²) in [5.74, 6) is -0.109. The van der Waals surface area contributed by atoms with Gasteiger partial charge in [-0.25, -0.2) is 4.39 Å². The molecule has 8 heteroatoms. The van der Waals surface area contributed by atoms with Crippen LogP contribution in [0.5, 0.6) is 0 Å². The molecule has 156 valence electrons. The first-order valence-electron chi connectivity index (χ1n) is 9.84. The summed E-state index contributed by atoms with van der Waals surface area (Å²) in [6, 6.07) is 10.4. The van der Waals surface area contributed by atoms with Crippen LogP contribution in [-0.4, -0.2) is 35.0 Å². The van der Waals surface area contributed by atoms with Gasteiger partial charge in [-0.3, -0.25) is 9.59 Å². The highest BCUT2D eigenvalue weighted by molar-refractivity contribution is 7.13. The maximum atomic E-state index is 13.6. The van der Waals surface area contributed by atoms with Crippen LogP contribution in [0, 0.1) is 18.7 Å². The van der Waals surface area contributed by atoms with Crippen molar-refractivity contribution < 1.29 is 18.5 Å². The van der Waals surface area contributed by atoms with Crippen LogP contribution in [-0.2, 0) is 11.3 Å². The summed E-state index contributed by atoms with van der Waals surface area (Å²) in [4.78, 5) is 27.8. The number of nitrogens with zero attached hydrogens (tertiary/aromatic N) is 2. The van der Waals surface area contributed by atoms with E-state index in [9.17, 15) is 14.0 Å². The molecular weight excluding hydrogens is 405 g/mol. The molecule has 1 N–H and O–H groups in total. The number of nitrogens with one attached hydrogen (secondary N) is 1. The molecule has 2 amide bonds. The first kappa shape index (κ1) is 20.3. The van der Waals surface area contributed by atoms with Gasteiger partial charge >= 0.3 is 0 Å². The number of amides is 2. The van der Waals surface area contributed by atoms with Crippen molar-refractivity contribution in [2.45, 2.75) is 26.3 Å². The number of aromatic nitrogens is 1. The number of likely N-dealkylation sites (tertiary alicyclic amines) is 1. The molecule has 6 nitrogen and oxygen atoms in total. The van der Waals surface area contributed by atoms with Crippen molar-refractivity contribution in [2.75, 3.05) is 13.1 Å². The SMILES string of the molecule is Cc1ccc(CNC(=O)C2CCN(C(=O)c3cc(-c4cccs4)on3)CC2)cc1F. The molecule has 0 bridgehead atoms. The molecule has 1 aliphatic heterocycles. The highest BCUT2D eigenvalue weighted by atomic mass is 32.1. The molecular formula is C22H22FN3O3S. The van der Waals surface area contributed by atoms with Gasteiger partial charge in [0, 0.05) is 31.6 Å². The van der Waals surface area contributed by atoms with Crippen molar-refractivity contribution in [2.24, 2.45) is 5.92 Å². The van der Waals surface area contributed by atoms with Crippen molar-refractivity contribution >= 4 is 23.2 Å². The monoisotopic (exact) mass is 427 g/mol. The maximum absolute atomic E-state index is 13.6. The molecule has 0 spiro atoms. The van der Waals surface area contributed by atoms with Gasteiger partial charge in [0.25, 0.3) is 5.91 Å². The maximum Gasteiger partial charge on any atom is 0.276 e. The molecule has 4 rings (SSSR count). The fourth-order valence-electron chi connectivity index (χ4n) is 3.50. The lowest BCUT2D eigenvalue weighted by Crippen LogP contribution is -2.43. The quantitative estimate of drug-likeness (QED) is 0.667. The number of carbonyl (C=O) groups is 2. The summed E-state index contributed by atoms with van der Waals surface area (Å²) < 4.78 is 18.9. The molecule has 1 fully saturated rings. The topological polar surface area (TPSA) is 75.4 Å². The number of benzene rings is 1. The van der Waals surface area contributed by atoms with Gasteiger partial charge < -0.3 is 14.7 Å². The first-order chi connectivity index (χ1) is 14.5. The number of carbonyl (C=O) groups excluding carboxylic acids is 2. The second-order valence-corrected chi connectivity index (χ2v) is 8.37. The Morgan fingerprint density at radius 1 is 1.27 bits per heavy atom. The number of thiophene rings is 1. The molecule has 2 aromatic heterocycles. The van der Waals surface area contributed by atoms with Crippen molar-refractivity contribution in [1.29, 1.82) is 0 Å². The van der Waals surface area contributed by atoms with Gasteiger partial charge in [-0.05, 0) is 48.4 Å². The summed E-state index contributed by atoms with van der Waals surface area (Å²) in [5.41, 5.74) is 1.59. The fourth-order valence-corrected chi connectivity index (χ4v) is 4.17. The van der Waals surface area contributed by atoms with Crippen LogP contribution in [0.15, 0.2) is 46.3 Å². The summed E-state index contributed by atoms with van der Waals surface area (Å²) >= 11 is 1.52. The third kappa shape index (κ3) is 4.43. The van der Waals surface area contributed by atoms with Crippen LogP contribution in [0.3, 0.4) is 0 Å². The zero-order valence-corrected chi connectivity index (χ0v) is 17.4. The molecule has 1 aromatic carbocycles. The highest BCUT2D eigenvalue weighted by Gasteiger charge is 2.29. The highest BCUT2D eigenvalue weighted by Crippen LogP contribution is 2.26. The minimum Gasteiger partial charge on any atom is -0.355 e. The summed E-state index contributed by atoms with van der Waals surface area (Å²) in [6.07, 6.45) is 1.16. The number of piperidine rings is 1. The van der Waals surface area contributed by atoms with Gasteiger partial charge in [-0.2, -0.15) is 0 Å². The van der Waals surface area contributed by atoms with Crippen molar-refractivity contribution in [3.8, 4) is 10.6 Å². The number of hydrogen-bond donors (Lipinski definition) is 1. The lowest BCUT2D eigenvalue weighted by atomic mass is 9.95. The number of halogens is 1. The van der Waals surface area contributed by atoms with Gasteiger partial charge in [0.05, 0.1) is 4.88 Å². The molecule has 3 heterocycles. The molecule has 0 atom stereocenters. The Kier molecular flexibility index (Phi) is 5.94. The second-order valence-electron chi connectivity index (χ2n) is 7.42. The number of aryl methyl sites for hydroxylation is 1. The Morgan fingerprint density at radius 3 is 2.77 bits per heavy atom. The Morgan fingerprint density at radius 2 is 2.07 bits per heavy atom. The molecule has 30 heavy (non-hydrogen) atoms. The van der Waals surface area contributed by atoms with Crippen LogP contribution in [0.2, 0.25) is 0 Å². The minimum atomic E-state index is -0.274. The first-order valence-corrected chi connectivity index (χ1v) is 10.7. The lowest BCUT2D eigenvalue weighted by Gasteiger charge is -2.30. The Balaban J connectivity index is 1.28. The van der Waals surface area contributed by atoms with Crippen LogP contribution < -0.4 is 5.32 Å².